The number of aromatic nitrogens is 16. The normalized spacial score (nSPS) is 29.5. The monoisotopic (exact) mass is 1580 g/mol. The predicted octanol–water partition coefficient (Wildman–Crippen LogP) is 11.1. The van der Waals surface area contributed by atoms with Crippen LogP contribution in [0.15, 0.2) is 123 Å². The fourth-order valence-corrected chi connectivity index (χ4v) is 20.5. The fourth-order valence-electron chi connectivity index (χ4n) is 20.5. The van der Waals surface area contributed by atoms with E-state index < -0.39 is 28.8 Å². The Morgan fingerprint density at radius 1 is 0.466 bits per heavy atom. The lowest BCUT2D eigenvalue weighted by Gasteiger charge is -2.66. The van der Waals surface area contributed by atoms with Crippen molar-refractivity contribution in [3.05, 3.63) is 146 Å². The number of halogens is 3. The van der Waals surface area contributed by atoms with Crippen LogP contribution in [0.4, 0.5) is 59.7 Å². The van der Waals surface area contributed by atoms with Gasteiger partial charge < -0.3 is 45.6 Å². The molecular formula is C83H92F3N25O5. The molecule has 9 atom stereocenters. The first-order valence-corrected chi connectivity index (χ1v) is 40.6. The second-order valence-corrected chi connectivity index (χ2v) is 34.5. The number of anilines is 8. The number of fused-ring (bicyclic) bond motifs is 8. The first-order valence-electron chi connectivity index (χ1n) is 40.6. The van der Waals surface area contributed by atoms with Gasteiger partial charge in [-0.1, -0.05) is 24.3 Å². The van der Waals surface area contributed by atoms with Gasteiger partial charge >= 0.3 is 5.92 Å². The molecule has 9 aliphatic heterocycles. The molecule has 600 valence electrons. The van der Waals surface area contributed by atoms with Gasteiger partial charge in [0.15, 0.2) is 0 Å². The average molecular weight is 1580 g/mol. The first kappa shape index (κ1) is 74.5. The highest BCUT2D eigenvalue weighted by molar-refractivity contribution is 5.91. The first-order chi connectivity index (χ1) is 56.0. The van der Waals surface area contributed by atoms with Crippen LogP contribution in [-0.4, -0.2) is 195 Å². The standard InChI is InChI=1S/C22H23N7O.C21H23FN6O.C20H22F2N6O.C20H24N6O2/c1-28-9-15(8-25-28)26-20-24-5-4-18(27-20)14-6-16-2-3-17(7-14)29(16)19(30)22-10-21(11-22,12-22)13-23;1-27-9-14(8-24-27)25-19-23-5-4-17(26-19)13-6-15-2-3-16(7-13)28(15)18(29)20-10-21(22,11-20)12-20;1-27-11-14(10-24-27)25-19-23-7-6-17(26-19)12-8-15-4-5-16(9-12)28(15)18(29)20(21,22)13-2-3-13;1-25-11-15(10-22-25)23-20-21-6-4-18(24-20)14-8-16-2-3-17(9-14)26(16)19(27)13-5-7-28-12-13/h4-6,8-9,16-17H,2-3,7,10-12H2,1H3,(H,24,26,27);4-6,8-9,15-16H,2-3,7,10-12H2,1H3,(H,23,25,26);6-8,10-11,13,15-16H,2-5,9H2,1H3,(H,23,25,26);4,6,8,10-11,13,16-17H,2-3,5,7,9,12H2,1H3,(H,21,23,24). The molecule has 12 fully saturated rings. The third-order valence-electron chi connectivity index (χ3n) is 26.1. The summed E-state index contributed by atoms with van der Waals surface area (Å²) in [4.78, 5) is 95.5. The molecule has 33 heteroatoms. The van der Waals surface area contributed by atoms with Crippen molar-refractivity contribution in [3.63, 3.8) is 0 Å². The summed E-state index contributed by atoms with van der Waals surface area (Å²) in [5.74, 6) is -2.16. The van der Waals surface area contributed by atoms with Gasteiger partial charge in [0.1, 0.15) is 5.67 Å². The number of carbonyl (C=O) groups excluding carboxylic acids is 4. The molecule has 12 bridgehead atoms. The smallest absolute Gasteiger partial charge is 0.327 e. The van der Waals surface area contributed by atoms with Crippen LogP contribution < -0.4 is 21.3 Å². The van der Waals surface area contributed by atoms with E-state index in [0.717, 1.165) is 147 Å². The van der Waals surface area contributed by atoms with Gasteiger partial charge in [0.05, 0.1) is 129 Å². The van der Waals surface area contributed by atoms with Crippen molar-refractivity contribution >= 4 is 92.5 Å². The van der Waals surface area contributed by atoms with Gasteiger partial charge in [-0.15, -0.1) is 0 Å². The van der Waals surface area contributed by atoms with Crippen molar-refractivity contribution in [2.45, 2.75) is 195 Å². The van der Waals surface area contributed by atoms with Crippen molar-refractivity contribution in [2.24, 2.45) is 56.3 Å². The summed E-state index contributed by atoms with van der Waals surface area (Å²) in [6, 6.07) is 10.7. The van der Waals surface area contributed by atoms with E-state index in [1.54, 1.807) is 68.3 Å². The predicted molar refractivity (Wildman–Crippen MR) is 420 cm³/mol. The van der Waals surface area contributed by atoms with Gasteiger partial charge in [0.2, 0.25) is 41.5 Å². The largest absolute Gasteiger partial charge is 0.381 e. The van der Waals surface area contributed by atoms with E-state index in [9.17, 15) is 37.6 Å². The Morgan fingerprint density at radius 2 is 0.802 bits per heavy atom. The number of hydrogen-bond donors (Lipinski definition) is 4. The highest BCUT2D eigenvalue weighted by Gasteiger charge is 2.75. The molecule has 16 aliphatic rings. The van der Waals surface area contributed by atoms with Crippen molar-refractivity contribution in [1.82, 2.24) is 98.6 Å². The SMILES string of the molecule is Cn1cc(Nc2nccc(C3=CC4CCC(C3)N4C(=O)C(F)(F)C3CC3)n2)cn1.Cn1cc(Nc2nccc(C3=CC4CCC(C3)N4C(=O)C34CC(C#N)(C3)C4)n2)cn1.Cn1cc(Nc2nccc(C3=CC4CCC(C3)N4C(=O)C34CC(F)(C3)C4)n2)cn1.Cn1cc(Nc2nccc(C3=CC4CCC(C3)N4C(=O)C3CCOC3)n2)cn1. The minimum absolute atomic E-state index is 0.0346. The van der Waals surface area contributed by atoms with E-state index in [1.165, 1.54) is 16.0 Å². The van der Waals surface area contributed by atoms with Crippen molar-refractivity contribution < 1.29 is 37.1 Å². The number of nitriles is 1. The summed E-state index contributed by atoms with van der Waals surface area (Å²) < 4.78 is 55.0. The van der Waals surface area contributed by atoms with E-state index >= 15 is 0 Å². The van der Waals surface area contributed by atoms with E-state index in [0.29, 0.717) is 82.0 Å². The molecule has 4 N–H and O–H groups in total. The van der Waals surface area contributed by atoms with E-state index in [4.69, 9.17) is 14.7 Å². The van der Waals surface area contributed by atoms with Crippen molar-refractivity contribution in [3.8, 4) is 6.07 Å². The summed E-state index contributed by atoms with van der Waals surface area (Å²) in [6.45, 7) is 1.27. The van der Waals surface area contributed by atoms with Crippen LogP contribution in [0.1, 0.15) is 158 Å². The molecule has 30 nitrogen and oxygen atoms in total. The number of hydrogen-bond acceptors (Lipinski definition) is 22. The molecule has 0 aromatic carbocycles. The number of nitrogens with zero attached hydrogens (tertiary/aromatic N) is 21. The number of nitrogens with one attached hydrogen (secondary N) is 4. The lowest BCUT2D eigenvalue weighted by Crippen LogP contribution is -2.71. The van der Waals surface area contributed by atoms with Crippen LogP contribution in [-0.2, 0) is 52.1 Å². The Balaban J connectivity index is 0.000000103. The Hall–Kier alpha value is -11.6. The number of carbonyl (C=O) groups is 4. The molecule has 7 saturated carbocycles. The summed E-state index contributed by atoms with van der Waals surface area (Å²) >= 11 is 0. The molecule has 5 saturated heterocycles. The van der Waals surface area contributed by atoms with Crippen LogP contribution in [0.3, 0.4) is 0 Å². The Kier molecular flexibility index (Phi) is 18.6. The zero-order valence-corrected chi connectivity index (χ0v) is 65.2. The topological polar surface area (TPSA) is 337 Å². The summed E-state index contributed by atoms with van der Waals surface area (Å²) in [5, 5.41) is 38.5. The van der Waals surface area contributed by atoms with E-state index in [2.05, 4.69) is 111 Å². The molecule has 9 unspecified atom stereocenters. The highest BCUT2D eigenvalue weighted by Crippen LogP contribution is 2.74. The number of rotatable bonds is 17. The molecule has 8 aromatic rings. The molecule has 0 spiro atoms. The average Bonchev–Trinajstić information content (AvgIpc) is 0.800. The quantitative estimate of drug-likeness (QED) is 0.0658. The second-order valence-electron chi connectivity index (χ2n) is 34.5. The molecule has 7 aliphatic carbocycles. The van der Waals surface area contributed by atoms with Gasteiger partial charge in [-0.05, 0) is 181 Å². The Labute approximate surface area is 667 Å². The maximum Gasteiger partial charge on any atom is 0.327 e. The zero-order valence-electron chi connectivity index (χ0n) is 65.2. The molecule has 17 heterocycles. The van der Waals surface area contributed by atoms with Crippen molar-refractivity contribution in [2.75, 3.05) is 34.5 Å². The second kappa shape index (κ2) is 29.0. The third kappa shape index (κ3) is 14.1. The summed E-state index contributed by atoms with van der Waals surface area (Å²) in [5.41, 5.74) is 9.48. The minimum Gasteiger partial charge on any atom is -0.381 e. The van der Waals surface area contributed by atoms with E-state index in [-0.39, 0.29) is 82.8 Å². The number of ether oxygens (including phenoxy) is 1. The Morgan fingerprint density at radius 3 is 1.09 bits per heavy atom. The summed E-state index contributed by atoms with van der Waals surface area (Å²) in [6.07, 6.45) is 45.7. The summed E-state index contributed by atoms with van der Waals surface area (Å²) in [7, 11) is 7.42. The number of alkyl halides is 3. The van der Waals surface area contributed by atoms with Gasteiger partial charge in [0.25, 0.3) is 5.91 Å². The van der Waals surface area contributed by atoms with Crippen molar-refractivity contribution in [1.29, 1.82) is 5.26 Å². The molecule has 116 heavy (non-hydrogen) atoms. The molecular weight excluding hydrogens is 1480 g/mol. The molecule has 4 amide bonds. The van der Waals surface area contributed by atoms with Gasteiger partial charge in [0, 0.05) is 114 Å². The fraction of sp³-hybridized carbons (Fsp3) is 0.506. The molecule has 0 radical (unpaired) electrons. The lowest BCUT2D eigenvalue weighted by atomic mass is 9.35. The van der Waals surface area contributed by atoms with Gasteiger partial charge in [-0.25, -0.2) is 44.3 Å². The van der Waals surface area contributed by atoms with Gasteiger partial charge in [-0.2, -0.15) is 34.4 Å². The number of aryl methyl sites for hydroxylation is 4. The molecule has 8 aromatic heterocycles. The molecule has 24 rings (SSSR count). The third-order valence-corrected chi connectivity index (χ3v) is 26.1. The van der Waals surface area contributed by atoms with Crippen LogP contribution in [0, 0.1) is 39.4 Å². The minimum atomic E-state index is -3.23. The number of amides is 4. The maximum atomic E-state index is 14.4. The van der Waals surface area contributed by atoms with Crippen LogP contribution >= 0.6 is 0 Å². The Bertz CT molecular complexity index is 5340. The van der Waals surface area contributed by atoms with Crippen LogP contribution in [0.2, 0.25) is 0 Å². The highest BCUT2D eigenvalue weighted by atomic mass is 19.3. The van der Waals surface area contributed by atoms with E-state index in [1.807, 2.05) is 83.3 Å². The zero-order chi connectivity index (χ0) is 79.6. The lowest BCUT2D eigenvalue weighted by molar-refractivity contribution is -0.223. The van der Waals surface area contributed by atoms with Crippen LogP contribution in [0.5, 0.6) is 0 Å². The van der Waals surface area contributed by atoms with Gasteiger partial charge in [-0.3, -0.25) is 37.9 Å². The maximum absolute atomic E-state index is 14.4. The van der Waals surface area contributed by atoms with Crippen LogP contribution in [0.25, 0.3) is 22.3 Å².